The van der Waals surface area contributed by atoms with Crippen molar-refractivity contribution < 1.29 is 73.3 Å². The maximum atomic E-state index is 13.2. The number of nitrogens with one attached hydrogen (secondary N) is 1. The van der Waals surface area contributed by atoms with Gasteiger partial charge in [-0.2, -0.15) is 5.26 Å². The molecule has 3 aromatic rings. The van der Waals surface area contributed by atoms with Gasteiger partial charge in [-0.25, -0.2) is 0 Å². The molecule has 1 saturated heterocycles. The molecule has 10 nitrogen and oxygen atoms in total. The maximum Gasteiger partial charge on any atom is 0.244 e. The number of piperazine rings is 1. The fourth-order valence-electron chi connectivity index (χ4n) is 8.04. The molecule has 1 amide bonds. The van der Waals surface area contributed by atoms with Crippen molar-refractivity contribution in [1.82, 2.24) is 15.1 Å². The molecule has 0 saturated carbocycles. The molecule has 0 aromatic heterocycles. The normalized spacial score (nSPS) is 24.3. The molecule has 4 aliphatic rings. The third kappa shape index (κ3) is 5.06. The molecule has 2 bridgehead atoms. The Labute approximate surface area is 304 Å². The van der Waals surface area contributed by atoms with Crippen LogP contribution in [0.5, 0.6) is 28.7 Å². The summed E-state index contributed by atoms with van der Waals surface area (Å²) >= 11 is 0. The first-order valence-electron chi connectivity index (χ1n) is 15.2. The van der Waals surface area contributed by atoms with E-state index >= 15 is 0 Å². The van der Waals surface area contributed by atoms with Crippen molar-refractivity contribution in [3.63, 3.8) is 0 Å². The number of phenolic OH excluding ortho intramolecular Hbond substituents is 2. The summed E-state index contributed by atoms with van der Waals surface area (Å²) < 4.78 is 17.4. The number of benzene rings is 3. The summed E-state index contributed by atoms with van der Waals surface area (Å²) in [6.07, 6.45) is 4.21. The van der Waals surface area contributed by atoms with E-state index in [1.54, 1.807) is 20.1 Å². The van der Waals surface area contributed by atoms with Crippen molar-refractivity contribution >= 4 is 12.0 Å². The smallest absolute Gasteiger partial charge is 0.244 e. The van der Waals surface area contributed by atoms with E-state index in [1.165, 1.54) is 6.08 Å². The second kappa shape index (κ2) is 12.7. The van der Waals surface area contributed by atoms with Crippen LogP contribution in [0.2, 0.25) is 0 Å². The molecule has 46 heavy (non-hydrogen) atoms. The number of methoxy groups -OCH3 is 1. The number of fused-ring (bicyclic) bond motifs is 9. The SMILES string of the molecule is COc1c(C)cc2c(c1O)[C@@H]1C3Cc4c(O)c(C)c5c(c4[C@H](CNC(=O)/C=C/c4ccccc4)N3[C@@H](C#N)[C@H](C2)N1C)OCO5.[Ac]. The fraction of sp³-hybridized carbons (Fsp3) is 0.371. The van der Waals surface area contributed by atoms with Crippen molar-refractivity contribution in [2.24, 2.45) is 0 Å². The Kier molecular flexibility index (Phi) is 9.04. The molecule has 4 aliphatic heterocycles. The molecule has 1 fully saturated rings. The largest absolute Gasteiger partial charge is 0.507 e. The Balaban J connectivity index is 0.00000372. The molecule has 1 radical (unpaired) electrons. The van der Waals surface area contributed by atoms with E-state index < -0.39 is 12.1 Å². The summed E-state index contributed by atoms with van der Waals surface area (Å²) in [6, 6.07) is 12.3. The number of hydrogen-bond acceptors (Lipinski definition) is 9. The van der Waals surface area contributed by atoms with Gasteiger partial charge in [-0.1, -0.05) is 36.4 Å². The molecule has 0 spiro atoms. The molecule has 4 heterocycles. The number of aryl methyl sites for hydroxylation is 1. The molecule has 11 heteroatoms. The number of hydrogen-bond donors (Lipinski definition) is 3. The van der Waals surface area contributed by atoms with Crippen molar-refractivity contribution in [3.05, 3.63) is 81.4 Å². The molecule has 0 aliphatic carbocycles. The van der Waals surface area contributed by atoms with Gasteiger partial charge in [0.2, 0.25) is 12.7 Å². The van der Waals surface area contributed by atoms with Gasteiger partial charge < -0.3 is 29.7 Å². The summed E-state index contributed by atoms with van der Waals surface area (Å²) in [7, 11) is 3.55. The van der Waals surface area contributed by atoms with Gasteiger partial charge in [0.05, 0.1) is 25.3 Å². The molecule has 5 atom stereocenters. The van der Waals surface area contributed by atoms with Gasteiger partial charge in [-0.3, -0.25) is 14.6 Å². The van der Waals surface area contributed by atoms with Crippen molar-refractivity contribution in [1.29, 1.82) is 5.26 Å². The number of amides is 1. The van der Waals surface area contributed by atoms with Crippen LogP contribution in [0.15, 0.2) is 42.5 Å². The minimum Gasteiger partial charge on any atom is -0.507 e. The minimum atomic E-state index is -0.551. The Morgan fingerprint density at radius 3 is 2.57 bits per heavy atom. The van der Waals surface area contributed by atoms with Gasteiger partial charge in [0, 0.05) is 91.0 Å². The first kappa shape index (κ1) is 32.7. The summed E-state index contributed by atoms with van der Waals surface area (Å²) in [4.78, 5) is 17.5. The van der Waals surface area contributed by atoms with Crippen LogP contribution in [0.25, 0.3) is 6.08 Å². The number of carbonyl (C=O) groups is 1. The summed E-state index contributed by atoms with van der Waals surface area (Å²) in [5.74, 6) is 1.40. The number of aromatic hydroxyl groups is 2. The Morgan fingerprint density at radius 1 is 1.11 bits per heavy atom. The van der Waals surface area contributed by atoms with Crippen LogP contribution in [0.4, 0.5) is 0 Å². The first-order chi connectivity index (χ1) is 21.7. The van der Waals surface area contributed by atoms with Crippen LogP contribution >= 0.6 is 0 Å². The predicted molar refractivity (Wildman–Crippen MR) is 166 cm³/mol. The average Bonchev–Trinajstić information content (AvgIpc) is 3.53. The molecule has 3 N–H and O–H groups in total. The van der Waals surface area contributed by atoms with Crippen molar-refractivity contribution in [2.45, 2.75) is 56.9 Å². The standard InChI is InChI=1S/C35H36N4O6.Ac/c1-18-12-21-13-23-25(15-36)39-24(30(38(23)3)28(21)32(42)33(18)43-4)14-22-29(35-34(44-17-45-35)19(2)31(22)41)26(39)16-37-27(40)11-10-20-8-6-5-7-9-20;/h5-12,23-26,30,41-42H,13-14,16-17H2,1-4H3,(H,37,40);/b11-10+;/t23-,24?,25-,26-,30-;/m0./s1. The number of carbonyl (C=O) groups excluding carboxylic acids is 1. The van der Waals surface area contributed by atoms with Crippen molar-refractivity contribution in [2.75, 3.05) is 27.5 Å². The van der Waals surface area contributed by atoms with Crippen molar-refractivity contribution in [3.8, 4) is 34.8 Å². The van der Waals surface area contributed by atoms with E-state index in [4.69, 9.17) is 14.2 Å². The zero-order chi connectivity index (χ0) is 31.6. The number of likely N-dealkylation sites (N-methyl/N-ethyl adjacent to an activating group) is 1. The van der Waals surface area contributed by atoms with Crippen LogP contribution < -0.4 is 19.5 Å². The third-order valence-corrected chi connectivity index (χ3v) is 9.99. The second-order valence-electron chi connectivity index (χ2n) is 12.3. The Bertz CT molecular complexity index is 1770. The Morgan fingerprint density at radius 2 is 1.85 bits per heavy atom. The molecular formula is C35H36AcN4O6. The van der Waals surface area contributed by atoms with E-state index in [-0.39, 0.29) is 92.9 Å². The minimum absolute atomic E-state index is 0. The number of nitriles is 1. The van der Waals surface area contributed by atoms with E-state index in [1.807, 2.05) is 44.3 Å². The summed E-state index contributed by atoms with van der Waals surface area (Å²) in [5, 5.41) is 37.0. The molecule has 7 rings (SSSR count). The van der Waals surface area contributed by atoms with E-state index in [0.29, 0.717) is 41.2 Å². The van der Waals surface area contributed by atoms with Gasteiger partial charge in [-0.15, -0.1) is 0 Å². The van der Waals surface area contributed by atoms with Crippen LogP contribution in [-0.4, -0.2) is 71.5 Å². The van der Waals surface area contributed by atoms with E-state index in [0.717, 1.165) is 27.8 Å². The van der Waals surface area contributed by atoms with Crippen LogP contribution in [0.1, 0.15) is 51.0 Å². The monoisotopic (exact) mass is 835 g/mol. The quantitative estimate of drug-likeness (QED) is 0.327. The number of phenols is 2. The number of rotatable bonds is 5. The molecule has 235 valence electrons. The Hall–Kier alpha value is -3.28. The summed E-state index contributed by atoms with van der Waals surface area (Å²) in [6.45, 7) is 3.89. The topological polar surface area (TPSA) is 128 Å². The number of nitrogens with zero attached hydrogens (tertiary/aromatic N) is 3. The second-order valence-corrected chi connectivity index (χ2v) is 12.3. The van der Waals surface area contributed by atoms with E-state index in [2.05, 4.69) is 27.3 Å². The predicted octanol–water partition coefficient (Wildman–Crippen LogP) is 4.05. The zero-order valence-corrected chi connectivity index (χ0v) is 31.0. The fourth-order valence-corrected chi connectivity index (χ4v) is 8.04. The third-order valence-electron chi connectivity index (χ3n) is 9.99. The molecular weight excluding hydrogens is 799 g/mol. The van der Waals surface area contributed by atoms with Crippen LogP contribution in [0, 0.1) is 69.2 Å². The average molecular weight is 836 g/mol. The van der Waals surface area contributed by atoms with Gasteiger partial charge in [0.1, 0.15) is 11.8 Å². The van der Waals surface area contributed by atoms with Gasteiger partial charge in [-0.05, 0) is 56.5 Å². The van der Waals surface area contributed by atoms with Gasteiger partial charge in [0.25, 0.3) is 0 Å². The van der Waals surface area contributed by atoms with E-state index in [9.17, 15) is 20.3 Å². The van der Waals surface area contributed by atoms with Gasteiger partial charge in [0.15, 0.2) is 23.0 Å². The zero-order valence-electron chi connectivity index (χ0n) is 26.3. The van der Waals surface area contributed by atoms with Gasteiger partial charge >= 0.3 is 0 Å². The molecule has 3 aromatic carbocycles. The summed E-state index contributed by atoms with van der Waals surface area (Å²) in [5.41, 5.74) is 5.52. The van der Waals surface area contributed by atoms with Crippen LogP contribution in [0.3, 0.4) is 0 Å². The maximum absolute atomic E-state index is 13.2. The number of ether oxygens (including phenoxy) is 3. The first-order valence-corrected chi connectivity index (χ1v) is 15.2. The molecule has 1 unspecified atom stereocenters. The van der Waals surface area contributed by atoms with Crippen LogP contribution in [-0.2, 0) is 17.6 Å².